The van der Waals surface area contributed by atoms with Crippen LogP contribution in [-0.4, -0.2) is 52.0 Å². The lowest BCUT2D eigenvalue weighted by Crippen LogP contribution is -2.51. The molecule has 0 unspecified atom stereocenters. The highest BCUT2D eigenvalue weighted by Gasteiger charge is 2.26. The first-order chi connectivity index (χ1) is 11.7. The SMILES string of the molecule is CC[N+]1(CCC#Cc2cc(OC)c(OC)c(OC)c2)CCCCC1. The molecular formula is C20H30NO3+. The Bertz CT molecular complexity index is 570. The van der Waals surface area contributed by atoms with Gasteiger partial charge >= 0.3 is 0 Å². The third-order valence-corrected chi connectivity index (χ3v) is 5.04. The maximum Gasteiger partial charge on any atom is 0.203 e. The van der Waals surface area contributed by atoms with Crippen LogP contribution in [0.1, 0.15) is 38.2 Å². The molecule has 0 saturated carbocycles. The summed E-state index contributed by atoms with van der Waals surface area (Å²) in [4.78, 5) is 0. The van der Waals surface area contributed by atoms with E-state index in [2.05, 4.69) is 18.8 Å². The van der Waals surface area contributed by atoms with Gasteiger partial charge in [-0.15, -0.1) is 0 Å². The maximum atomic E-state index is 5.38. The van der Waals surface area contributed by atoms with Crippen molar-refractivity contribution in [3.8, 4) is 29.1 Å². The van der Waals surface area contributed by atoms with Crippen LogP contribution in [0.15, 0.2) is 12.1 Å². The van der Waals surface area contributed by atoms with Gasteiger partial charge in [0.2, 0.25) is 5.75 Å². The average Bonchev–Trinajstić information content (AvgIpc) is 2.65. The van der Waals surface area contributed by atoms with Crippen molar-refractivity contribution in [3.63, 3.8) is 0 Å². The van der Waals surface area contributed by atoms with Gasteiger partial charge in [-0.2, -0.15) is 0 Å². The lowest BCUT2D eigenvalue weighted by Gasteiger charge is -2.40. The molecule has 0 aliphatic carbocycles. The number of nitrogens with zero attached hydrogens (tertiary/aromatic N) is 1. The van der Waals surface area contributed by atoms with Gasteiger partial charge in [0, 0.05) is 5.56 Å². The Morgan fingerprint density at radius 2 is 1.58 bits per heavy atom. The number of ether oxygens (including phenoxy) is 3. The van der Waals surface area contributed by atoms with Crippen LogP contribution in [0.4, 0.5) is 0 Å². The molecule has 1 heterocycles. The average molecular weight is 332 g/mol. The Hall–Kier alpha value is -1.86. The smallest absolute Gasteiger partial charge is 0.203 e. The maximum absolute atomic E-state index is 5.38. The van der Waals surface area contributed by atoms with Crippen LogP contribution < -0.4 is 14.2 Å². The van der Waals surface area contributed by atoms with Crippen LogP contribution in [0, 0.1) is 11.8 Å². The topological polar surface area (TPSA) is 27.7 Å². The van der Waals surface area contributed by atoms with Crippen molar-refractivity contribution in [3.05, 3.63) is 17.7 Å². The molecule has 1 fully saturated rings. The minimum absolute atomic E-state index is 0.606. The molecule has 0 aromatic heterocycles. The fourth-order valence-corrected chi connectivity index (χ4v) is 3.49. The zero-order valence-corrected chi connectivity index (χ0v) is 15.5. The molecule has 2 rings (SSSR count). The van der Waals surface area contributed by atoms with Crippen molar-refractivity contribution in [2.75, 3.05) is 47.5 Å². The molecule has 0 spiro atoms. The molecule has 1 aliphatic rings. The Morgan fingerprint density at radius 3 is 2.08 bits per heavy atom. The first kappa shape index (κ1) is 18.5. The van der Waals surface area contributed by atoms with Gasteiger partial charge in [0.1, 0.15) is 0 Å². The molecular weight excluding hydrogens is 302 g/mol. The van der Waals surface area contributed by atoms with E-state index in [9.17, 15) is 0 Å². The highest BCUT2D eigenvalue weighted by Crippen LogP contribution is 2.37. The van der Waals surface area contributed by atoms with Gasteiger partial charge in [-0.1, -0.05) is 11.8 Å². The largest absolute Gasteiger partial charge is 0.493 e. The van der Waals surface area contributed by atoms with E-state index in [0.717, 1.165) is 18.5 Å². The van der Waals surface area contributed by atoms with Crippen LogP contribution >= 0.6 is 0 Å². The number of quaternary nitrogens is 1. The van der Waals surface area contributed by atoms with E-state index in [-0.39, 0.29) is 0 Å². The molecule has 4 nitrogen and oxygen atoms in total. The number of methoxy groups -OCH3 is 3. The molecule has 0 bridgehead atoms. The van der Waals surface area contributed by atoms with E-state index in [1.165, 1.54) is 43.4 Å². The van der Waals surface area contributed by atoms with E-state index in [0.29, 0.717) is 17.2 Å². The highest BCUT2D eigenvalue weighted by atomic mass is 16.5. The van der Waals surface area contributed by atoms with Crippen molar-refractivity contribution < 1.29 is 18.7 Å². The third kappa shape index (κ3) is 4.36. The Morgan fingerprint density at radius 1 is 0.958 bits per heavy atom. The van der Waals surface area contributed by atoms with E-state index in [1.807, 2.05) is 12.1 Å². The molecule has 4 heteroatoms. The number of rotatable bonds is 6. The second-order valence-corrected chi connectivity index (χ2v) is 6.36. The van der Waals surface area contributed by atoms with Gasteiger partial charge in [0.25, 0.3) is 0 Å². The first-order valence-electron chi connectivity index (χ1n) is 8.82. The van der Waals surface area contributed by atoms with Gasteiger partial charge < -0.3 is 18.7 Å². The van der Waals surface area contributed by atoms with Crippen molar-refractivity contribution in [1.82, 2.24) is 0 Å². The molecule has 0 amide bonds. The number of hydrogen-bond donors (Lipinski definition) is 0. The Kier molecular flexibility index (Phi) is 6.81. The van der Waals surface area contributed by atoms with Crippen molar-refractivity contribution in [2.24, 2.45) is 0 Å². The summed E-state index contributed by atoms with van der Waals surface area (Å²) in [5, 5.41) is 0. The third-order valence-electron chi connectivity index (χ3n) is 5.04. The van der Waals surface area contributed by atoms with Crippen LogP contribution in [0.2, 0.25) is 0 Å². The molecule has 0 radical (unpaired) electrons. The van der Waals surface area contributed by atoms with E-state index >= 15 is 0 Å². The summed E-state index contributed by atoms with van der Waals surface area (Å²) in [6.45, 7) is 7.28. The summed E-state index contributed by atoms with van der Waals surface area (Å²) in [5.74, 6) is 8.48. The minimum atomic E-state index is 0.606. The van der Waals surface area contributed by atoms with Crippen LogP contribution in [0.3, 0.4) is 0 Å². The molecule has 1 aromatic carbocycles. The summed E-state index contributed by atoms with van der Waals surface area (Å²) >= 11 is 0. The van der Waals surface area contributed by atoms with Gasteiger partial charge in [0.15, 0.2) is 11.5 Å². The second kappa shape index (κ2) is 8.84. The number of piperidine rings is 1. The van der Waals surface area contributed by atoms with Gasteiger partial charge in [-0.05, 0) is 38.3 Å². The standard InChI is InChI=1S/C20H30NO3/c1-5-21(12-8-6-9-13-21)14-10-7-11-17-15-18(22-2)20(24-4)19(16-17)23-3/h15-16H,5-6,8-10,12-14H2,1-4H3/q+1. The van der Waals surface area contributed by atoms with Crippen LogP contribution in [0.5, 0.6) is 17.2 Å². The summed E-state index contributed by atoms with van der Waals surface area (Å²) in [5.41, 5.74) is 0.895. The summed E-state index contributed by atoms with van der Waals surface area (Å²) in [7, 11) is 4.86. The molecule has 24 heavy (non-hydrogen) atoms. The van der Waals surface area contributed by atoms with Crippen LogP contribution in [0.25, 0.3) is 0 Å². The van der Waals surface area contributed by atoms with E-state index in [1.54, 1.807) is 21.3 Å². The normalized spacial score (nSPS) is 16.0. The fraction of sp³-hybridized carbons (Fsp3) is 0.600. The lowest BCUT2D eigenvalue weighted by molar-refractivity contribution is -0.930. The summed E-state index contributed by atoms with van der Waals surface area (Å²) < 4.78 is 17.3. The molecule has 1 aliphatic heterocycles. The Balaban J connectivity index is 2.07. The van der Waals surface area contributed by atoms with E-state index < -0.39 is 0 Å². The highest BCUT2D eigenvalue weighted by molar-refractivity contribution is 5.57. The van der Waals surface area contributed by atoms with Crippen molar-refractivity contribution in [1.29, 1.82) is 0 Å². The van der Waals surface area contributed by atoms with E-state index in [4.69, 9.17) is 14.2 Å². The van der Waals surface area contributed by atoms with Gasteiger partial charge in [-0.3, -0.25) is 0 Å². The monoisotopic (exact) mass is 332 g/mol. The predicted molar refractivity (Wildman–Crippen MR) is 96.8 cm³/mol. The van der Waals surface area contributed by atoms with Gasteiger partial charge in [0.05, 0.1) is 53.9 Å². The second-order valence-electron chi connectivity index (χ2n) is 6.36. The summed E-state index contributed by atoms with van der Waals surface area (Å²) in [6, 6.07) is 3.80. The molecule has 132 valence electrons. The van der Waals surface area contributed by atoms with Gasteiger partial charge in [-0.25, -0.2) is 0 Å². The first-order valence-corrected chi connectivity index (χ1v) is 8.82. The van der Waals surface area contributed by atoms with Crippen molar-refractivity contribution >= 4 is 0 Å². The number of hydrogen-bond acceptors (Lipinski definition) is 3. The van der Waals surface area contributed by atoms with Crippen LogP contribution in [-0.2, 0) is 0 Å². The molecule has 0 atom stereocenters. The predicted octanol–water partition coefficient (Wildman–Crippen LogP) is 3.47. The lowest BCUT2D eigenvalue weighted by atomic mass is 10.1. The Labute approximate surface area is 146 Å². The number of likely N-dealkylation sites (tertiary alicyclic amines) is 1. The van der Waals surface area contributed by atoms with Crippen molar-refractivity contribution in [2.45, 2.75) is 32.6 Å². The molecule has 1 saturated heterocycles. The zero-order valence-electron chi connectivity index (χ0n) is 15.5. The zero-order chi connectivity index (χ0) is 17.4. The number of benzene rings is 1. The minimum Gasteiger partial charge on any atom is -0.493 e. The molecule has 0 N–H and O–H groups in total. The fourth-order valence-electron chi connectivity index (χ4n) is 3.49. The summed E-state index contributed by atoms with van der Waals surface area (Å²) in [6.07, 6.45) is 5.02. The quantitative estimate of drug-likeness (QED) is 0.590. The molecule has 1 aromatic rings.